The Hall–Kier alpha value is -1.75. The maximum Gasteiger partial charge on any atom is 0.272 e. The van der Waals surface area contributed by atoms with Gasteiger partial charge in [0.15, 0.2) is 0 Å². The molecule has 2 aromatic carbocycles. The molecule has 0 aromatic heterocycles. The number of nitrogens with zero attached hydrogens (tertiary/aromatic N) is 1. The lowest BCUT2D eigenvalue weighted by molar-refractivity contribution is 0.0987. The summed E-state index contributed by atoms with van der Waals surface area (Å²) < 4.78 is 5.05. The minimum Gasteiger partial charge on any atom is -0.495 e. The highest BCUT2D eigenvalue weighted by Crippen LogP contribution is 2.28. The molecule has 0 heterocycles. The third-order valence-corrected chi connectivity index (χ3v) is 3.27. The number of hydrogen-bond donors (Lipinski definition) is 1. The van der Waals surface area contributed by atoms with Gasteiger partial charge in [-0.3, -0.25) is 4.79 Å². The Bertz CT molecular complexity index is 630. The van der Waals surface area contributed by atoms with Gasteiger partial charge in [-0.1, -0.05) is 23.2 Å². The molecule has 0 aliphatic carbocycles. The fraction of sp³-hybridized carbons (Fsp3) is 0.0714. The number of amides is 1. The van der Waals surface area contributed by atoms with Crippen molar-refractivity contribution < 1.29 is 9.53 Å². The van der Waals surface area contributed by atoms with Gasteiger partial charge in [0, 0.05) is 10.6 Å². The lowest BCUT2D eigenvalue weighted by atomic mass is 10.2. The van der Waals surface area contributed by atoms with Crippen LogP contribution in [0, 0.1) is 0 Å². The molecule has 0 saturated heterocycles. The summed E-state index contributed by atoms with van der Waals surface area (Å²) in [5.41, 5.74) is 0.902. The Morgan fingerprint density at radius 3 is 2.35 bits per heavy atom. The fourth-order valence-corrected chi connectivity index (χ4v) is 2.03. The number of anilines is 1. The van der Waals surface area contributed by atoms with Gasteiger partial charge in [0.1, 0.15) is 5.75 Å². The first-order valence-electron chi connectivity index (χ1n) is 5.71. The third-order valence-electron chi connectivity index (χ3n) is 2.72. The monoisotopic (exact) mass is 310 g/mol. The first-order chi connectivity index (χ1) is 9.52. The Morgan fingerprint density at radius 2 is 1.80 bits per heavy atom. The van der Waals surface area contributed by atoms with Crippen molar-refractivity contribution in [1.82, 2.24) is 0 Å². The number of methoxy groups -OCH3 is 1. The van der Waals surface area contributed by atoms with E-state index < -0.39 is 0 Å². The Morgan fingerprint density at radius 1 is 1.15 bits per heavy atom. The maximum absolute atomic E-state index is 12.2. The largest absolute Gasteiger partial charge is 0.495 e. The molecule has 20 heavy (non-hydrogen) atoms. The van der Waals surface area contributed by atoms with Crippen LogP contribution in [0.15, 0.2) is 42.5 Å². The molecule has 2 aromatic rings. The highest BCUT2D eigenvalue weighted by Gasteiger charge is 2.15. The first kappa shape index (κ1) is 14.7. The van der Waals surface area contributed by atoms with Crippen LogP contribution in [0.3, 0.4) is 0 Å². The minimum absolute atomic E-state index is 0.358. The summed E-state index contributed by atoms with van der Waals surface area (Å²) in [4.78, 5) is 12.2. The zero-order valence-electron chi connectivity index (χ0n) is 10.6. The molecule has 0 aliphatic heterocycles. The molecular weight excluding hydrogens is 299 g/mol. The average molecular weight is 311 g/mol. The molecule has 4 nitrogen and oxygen atoms in total. The smallest absolute Gasteiger partial charge is 0.272 e. The number of halogens is 2. The topological polar surface area (TPSA) is 55.6 Å². The van der Waals surface area contributed by atoms with Crippen molar-refractivity contribution in [3.05, 3.63) is 58.1 Å². The molecule has 6 heteroatoms. The third kappa shape index (κ3) is 3.04. The van der Waals surface area contributed by atoms with Gasteiger partial charge in [0.2, 0.25) is 0 Å². The SMILES string of the molecule is COc1ccc(N(N)C(=O)c2ccc(Cl)cc2)cc1Cl. The van der Waals surface area contributed by atoms with Gasteiger partial charge in [0.25, 0.3) is 5.91 Å². The van der Waals surface area contributed by atoms with Crippen LogP contribution >= 0.6 is 23.2 Å². The number of carbonyl (C=O) groups excluding carboxylic acids is 1. The molecule has 2 N–H and O–H groups in total. The van der Waals surface area contributed by atoms with Gasteiger partial charge < -0.3 is 4.74 Å². The molecule has 104 valence electrons. The van der Waals surface area contributed by atoms with E-state index in [4.69, 9.17) is 33.8 Å². The molecule has 0 saturated carbocycles. The Kier molecular flexibility index (Phi) is 4.49. The molecule has 2 rings (SSSR count). The predicted octanol–water partition coefficient (Wildman–Crippen LogP) is 3.52. The lowest BCUT2D eigenvalue weighted by Crippen LogP contribution is -2.37. The van der Waals surface area contributed by atoms with E-state index in [2.05, 4.69) is 0 Å². The molecule has 0 unspecified atom stereocenters. The van der Waals surface area contributed by atoms with Crippen LogP contribution in [0.25, 0.3) is 0 Å². The van der Waals surface area contributed by atoms with Gasteiger partial charge in [-0.2, -0.15) is 0 Å². The van der Waals surface area contributed by atoms with E-state index >= 15 is 0 Å². The molecule has 0 spiro atoms. The zero-order valence-corrected chi connectivity index (χ0v) is 12.2. The van der Waals surface area contributed by atoms with E-state index in [1.165, 1.54) is 7.11 Å². The standard InChI is InChI=1S/C14H12Cl2N2O2/c1-20-13-7-6-11(8-12(13)16)18(17)14(19)9-2-4-10(15)5-3-9/h2-8H,17H2,1H3. The zero-order chi connectivity index (χ0) is 14.7. The molecule has 0 radical (unpaired) electrons. The van der Waals surface area contributed by atoms with Gasteiger partial charge >= 0.3 is 0 Å². The summed E-state index contributed by atoms with van der Waals surface area (Å²) in [6.07, 6.45) is 0. The quantitative estimate of drug-likeness (QED) is 0.536. The van der Waals surface area contributed by atoms with Gasteiger partial charge in [-0.05, 0) is 42.5 Å². The summed E-state index contributed by atoms with van der Waals surface area (Å²) in [5.74, 6) is 5.98. The van der Waals surface area contributed by atoms with Crippen LogP contribution in [0.5, 0.6) is 5.75 Å². The Balaban J connectivity index is 2.26. The van der Waals surface area contributed by atoms with Crippen LogP contribution in [-0.2, 0) is 0 Å². The van der Waals surface area contributed by atoms with Crippen LogP contribution < -0.4 is 15.6 Å². The van der Waals surface area contributed by atoms with Crippen molar-refractivity contribution in [3.8, 4) is 5.75 Å². The fourth-order valence-electron chi connectivity index (χ4n) is 1.65. The van der Waals surface area contributed by atoms with E-state index in [1.54, 1.807) is 42.5 Å². The number of carbonyl (C=O) groups is 1. The number of benzene rings is 2. The second kappa shape index (κ2) is 6.13. The van der Waals surface area contributed by atoms with E-state index in [0.717, 1.165) is 5.01 Å². The van der Waals surface area contributed by atoms with E-state index in [-0.39, 0.29) is 5.91 Å². The lowest BCUT2D eigenvalue weighted by Gasteiger charge is -2.17. The van der Waals surface area contributed by atoms with Crippen molar-refractivity contribution in [2.45, 2.75) is 0 Å². The van der Waals surface area contributed by atoms with Crippen molar-refractivity contribution in [2.24, 2.45) is 5.84 Å². The summed E-state index contributed by atoms with van der Waals surface area (Å²) in [7, 11) is 1.51. The highest BCUT2D eigenvalue weighted by atomic mass is 35.5. The average Bonchev–Trinajstić information content (AvgIpc) is 2.46. The summed E-state index contributed by atoms with van der Waals surface area (Å²) >= 11 is 11.8. The van der Waals surface area contributed by atoms with Crippen molar-refractivity contribution in [2.75, 3.05) is 12.1 Å². The molecule has 0 atom stereocenters. The van der Waals surface area contributed by atoms with Crippen LogP contribution in [0.1, 0.15) is 10.4 Å². The van der Waals surface area contributed by atoms with Crippen LogP contribution in [-0.4, -0.2) is 13.0 Å². The van der Waals surface area contributed by atoms with Gasteiger partial charge in [-0.15, -0.1) is 0 Å². The molecule has 0 bridgehead atoms. The number of ether oxygens (including phenoxy) is 1. The Labute approximate surface area is 126 Å². The molecule has 0 fully saturated rings. The number of hydrazine groups is 1. The number of hydrogen-bond acceptors (Lipinski definition) is 3. The molecular formula is C14H12Cl2N2O2. The van der Waals surface area contributed by atoms with E-state index in [1.807, 2.05) is 0 Å². The maximum atomic E-state index is 12.2. The van der Waals surface area contributed by atoms with Crippen molar-refractivity contribution in [1.29, 1.82) is 0 Å². The second-order valence-electron chi connectivity index (χ2n) is 4.00. The summed E-state index contributed by atoms with van der Waals surface area (Å²) in [6.45, 7) is 0. The van der Waals surface area contributed by atoms with Crippen molar-refractivity contribution >= 4 is 34.8 Å². The molecule has 1 amide bonds. The van der Waals surface area contributed by atoms with Gasteiger partial charge in [0.05, 0.1) is 17.8 Å². The number of rotatable bonds is 3. The summed E-state index contributed by atoms with van der Waals surface area (Å²) in [5, 5.41) is 1.95. The number of nitrogens with two attached hydrogens (primary N) is 1. The van der Waals surface area contributed by atoms with Crippen LogP contribution in [0.2, 0.25) is 10.0 Å². The second-order valence-corrected chi connectivity index (χ2v) is 4.84. The van der Waals surface area contributed by atoms with Gasteiger partial charge in [-0.25, -0.2) is 10.9 Å². The minimum atomic E-state index is -0.358. The van der Waals surface area contributed by atoms with Crippen molar-refractivity contribution in [3.63, 3.8) is 0 Å². The first-order valence-corrected chi connectivity index (χ1v) is 6.47. The van der Waals surface area contributed by atoms with E-state index in [9.17, 15) is 4.79 Å². The van der Waals surface area contributed by atoms with Crippen LogP contribution in [0.4, 0.5) is 5.69 Å². The molecule has 0 aliphatic rings. The highest BCUT2D eigenvalue weighted by molar-refractivity contribution is 6.32. The predicted molar refractivity (Wildman–Crippen MR) is 80.5 cm³/mol. The summed E-state index contributed by atoms with van der Waals surface area (Å²) in [6, 6.07) is 11.3. The van der Waals surface area contributed by atoms with E-state index in [0.29, 0.717) is 27.0 Å². The normalized spacial score (nSPS) is 10.2.